The van der Waals surface area contributed by atoms with Gasteiger partial charge in [-0.25, -0.2) is 0 Å². The molecule has 84 valence electrons. The fourth-order valence-corrected chi connectivity index (χ4v) is 2.93. The van der Waals surface area contributed by atoms with E-state index in [1.54, 1.807) is 0 Å². The SMILES string of the molecule is CC1(C)O[C@@H]2[C@@H]3CC(NC(=O)[C@H]3O)[C@@H]2O1. The molecular formula is C10H15NO4. The minimum atomic E-state index is -0.950. The molecule has 2 aliphatic heterocycles. The summed E-state index contributed by atoms with van der Waals surface area (Å²) in [4.78, 5) is 11.4. The van der Waals surface area contributed by atoms with Crippen molar-refractivity contribution in [3.63, 3.8) is 0 Å². The number of carbonyl (C=O) groups is 1. The Balaban J connectivity index is 1.90. The molecule has 1 aliphatic carbocycles. The largest absolute Gasteiger partial charge is 0.383 e. The van der Waals surface area contributed by atoms with Crippen LogP contribution in [0, 0.1) is 5.92 Å². The van der Waals surface area contributed by atoms with Gasteiger partial charge < -0.3 is 19.9 Å². The standard InChI is InChI=1S/C10H15NO4/c1-10(2)14-7-4-3-5(8(7)15-10)11-9(13)6(4)12/h4-8,12H,3H2,1-2H3,(H,11,13)/t4-,5?,6+,7-,8+/m1/s1. The molecule has 5 atom stereocenters. The van der Waals surface area contributed by atoms with E-state index in [1.807, 2.05) is 13.8 Å². The van der Waals surface area contributed by atoms with Crippen LogP contribution >= 0.6 is 0 Å². The molecule has 3 aliphatic rings. The van der Waals surface area contributed by atoms with Crippen molar-refractivity contribution in [1.29, 1.82) is 0 Å². The summed E-state index contributed by atoms with van der Waals surface area (Å²) in [7, 11) is 0. The van der Waals surface area contributed by atoms with Gasteiger partial charge in [-0.15, -0.1) is 0 Å². The third-order valence-corrected chi connectivity index (χ3v) is 3.51. The number of piperidine rings is 1. The number of rotatable bonds is 0. The Morgan fingerprint density at radius 2 is 2.07 bits per heavy atom. The van der Waals surface area contributed by atoms with Crippen LogP contribution < -0.4 is 5.32 Å². The second-order valence-electron chi connectivity index (χ2n) is 5.02. The van der Waals surface area contributed by atoms with Gasteiger partial charge in [0.1, 0.15) is 12.2 Å². The number of aliphatic hydroxyl groups is 1. The fourth-order valence-electron chi connectivity index (χ4n) is 2.93. The Labute approximate surface area is 87.7 Å². The molecule has 1 saturated carbocycles. The first-order valence-electron chi connectivity index (χ1n) is 5.32. The Morgan fingerprint density at radius 3 is 2.80 bits per heavy atom. The summed E-state index contributed by atoms with van der Waals surface area (Å²) in [5.41, 5.74) is 0. The van der Waals surface area contributed by atoms with E-state index >= 15 is 0 Å². The van der Waals surface area contributed by atoms with Crippen molar-refractivity contribution >= 4 is 5.91 Å². The first-order valence-corrected chi connectivity index (χ1v) is 5.32. The highest BCUT2D eigenvalue weighted by Crippen LogP contribution is 2.44. The molecule has 3 fully saturated rings. The Morgan fingerprint density at radius 1 is 1.40 bits per heavy atom. The lowest BCUT2D eigenvalue weighted by Crippen LogP contribution is -2.50. The zero-order valence-corrected chi connectivity index (χ0v) is 8.77. The van der Waals surface area contributed by atoms with E-state index in [0.717, 1.165) is 6.42 Å². The Hall–Kier alpha value is -0.650. The quantitative estimate of drug-likeness (QED) is 0.563. The first-order chi connectivity index (χ1) is 6.98. The average Bonchev–Trinajstić information content (AvgIpc) is 2.57. The van der Waals surface area contributed by atoms with Crippen molar-refractivity contribution in [2.24, 2.45) is 5.92 Å². The summed E-state index contributed by atoms with van der Waals surface area (Å²) >= 11 is 0. The Bertz CT molecular complexity index is 317. The van der Waals surface area contributed by atoms with E-state index < -0.39 is 11.9 Å². The topological polar surface area (TPSA) is 67.8 Å². The molecule has 0 radical (unpaired) electrons. The van der Waals surface area contributed by atoms with E-state index in [0.29, 0.717) is 0 Å². The van der Waals surface area contributed by atoms with Crippen molar-refractivity contribution < 1.29 is 19.4 Å². The molecule has 15 heavy (non-hydrogen) atoms. The van der Waals surface area contributed by atoms with Crippen LogP contribution in [0.15, 0.2) is 0 Å². The van der Waals surface area contributed by atoms with Gasteiger partial charge in [-0.2, -0.15) is 0 Å². The number of aliphatic hydroxyl groups excluding tert-OH is 1. The second kappa shape index (κ2) is 2.72. The van der Waals surface area contributed by atoms with Gasteiger partial charge in [0.05, 0.1) is 12.1 Å². The van der Waals surface area contributed by atoms with E-state index in [2.05, 4.69) is 5.32 Å². The van der Waals surface area contributed by atoms with E-state index in [4.69, 9.17) is 9.47 Å². The summed E-state index contributed by atoms with van der Waals surface area (Å²) in [5, 5.41) is 12.5. The van der Waals surface area contributed by atoms with Crippen molar-refractivity contribution in [3.05, 3.63) is 0 Å². The van der Waals surface area contributed by atoms with Crippen LogP contribution in [0.1, 0.15) is 20.3 Å². The molecule has 2 bridgehead atoms. The third-order valence-electron chi connectivity index (χ3n) is 3.51. The van der Waals surface area contributed by atoms with Gasteiger partial charge >= 0.3 is 0 Å². The number of nitrogens with one attached hydrogen (secondary N) is 1. The smallest absolute Gasteiger partial charge is 0.249 e. The highest BCUT2D eigenvalue weighted by Gasteiger charge is 2.59. The molecular weight excluding hydrogens is 198 g/mol. The predicted molar refractivity (Wildman–Crippen MR) is 49.9 cm³/mol. The van der Waals surface area contributed by atoms with Gasteiger partial charge in [0.15, 0.2) is 5.79 Å². The summed E-state index contributed by atoms with van der Waals surface area (Å²) in [6.07, 6.45) is -0.461. The van der Waals surface area contributed by atoms with Crippen molar-refractivity contribution in [1.82, 2.24) is 5.32 Å². The van der Waals surface area contributed by atoms with Crippen LogP contribution in [-0.2, 0) is 14.3 Å². The molecule has 0 aromatic carbocycles. The summed E-state index contributed by atoms with van der Waals surface area (Å²) in [5.74, 6) is -1.01. The molecule has 3 rings (SSSR count). The monoisotopic (exact) mass is 213 g/mol. The molecule has 0 aromatic heterocycles. The van der Waals surface area contributed by atoms with Crippen LogP contribution in [-0.4, -0.2) is 41.2 Å². The summed E-state index contributed by atoms with van der Waals surface area (Å²) in [6.45, 7) is 3.71. The molecule has 0 aromatic rings. The van der Waals surface area contributed by atoms with Crippen molar-refractivity contribution in [2.75, 3.05) is 0 Å². The lowest BCUT2D eigenvalue weighted by atomic mass is 9.95. The minimum Gasteiger partial charge on any atom is -0.383 e. The predicted octanol–water partition coefficient (Wildman–Crippen LogP) is -0.614. The summed E-state index contributed by atoms with van der Waals surface area (Å²) < 4.78 is 11.5. The van der Waals surface area contributed by atoms with Crippen LogP contribution in [0.2, 0.25) is 0 Å². The van der Waals surface area contributed by atoms with E-state index in [9.17, 15) is 9.90 Å². The van der Waals surface area contributed by atoms with Gasteiger partial charge in [-0.05, 0) is 20.3 Å². The zero-order chi connectivity index (χ0) is 10.8. The van der Waals surface area contributed by atoms with Crippen LogP contribution in [0.3, 0.4) is 0 Å². The van der Waals surface area contributed by atoms with E-state index in [1.165, 1.54) is 0 Å². The maximum absolute atomic E-state index is 11.4. The van der Waals surface area contributed by atoms with Gasteiger partial charge in [0.25, 0.3) is 0 Å². The maximum Gasteiger partial charge on any atom is 0.249 e. The Kier molecular flexibility index (Phi) is 1.74. The second-order valence-corrected chi connectivity index (χ2v) is 5.02. The summed E-state index contributed by atoms with van der Waals surface area (Å²) in [6, 6.07) is -0.00215. The van der Waals surface area contributed by atoms with Crippen molar-refractivity contribution in [2.45, 2.75) is 50.4 Å². The van der Waals surface area contributed by atoms with Crippen LogP contribution in [0.25, 0.3) is 0 Å². The molecule has 1 amide bonds. The highest BCUT2D eigenvalue weighted by molar-refractivity contribution is 5.82. The number of amides is 1. The first kappa shape index (κ1) is 9.57. The maximum atomic E-state index is 11.4. The number of hydrogen-bond donors (Lipinski definition) is 2. The van der Waals surface area contributed by atoms with Gasteiger partial charge in [0.2, 0.25) is 5.91 Å². The number of hydrogen-bond acceptors (Lipinski definition) is 4. The lowest BCUT2D eigenvalue weighted by molar-refractivity contribution is -0.172. The zero-order valence-electron chi connectivity index (χ0n) is 8.77. The van der Waals surface area contributed by atoms with Gasteiger partial charge in [0, 0.05) is 5.92 Å². The van der Waals surface area contributed by atoms with Crippen molar-refractivity contribution in [3.8, 4) is 0 Å². The molecule has 0 spiro atoms. The lowest BCUT2D eigenvalue weighted by Gasteiger charge is -2.29. The normalized spacial score (nSPS) is 51.4. The minimum absolute atomic E-state index is 0.00215. The van der Waals surface area contributed by atoms with E-state index in [-0.39, 0.29) is 30.1 Å². The van der Waals surface area contributed by atoms with Gasteiger partial charge in [-0.3, -0.25) is 4.79 Å². The molecule has 5 nitrogen and oxygen atoms in total. The average molecular weight is 213 g/mol. The molecule has 1 unspecified atom stereocenters. The highest BCUT2D eigenvalue weighted by atomic mass is 16.8. The molecule has 2 N–H and O–H groups in total. The van der Waals surface area contributed by atoms with Gasteiger partial charge in [-0.1, -0.05) is 0 Å². The number of carbonyl (C=O) groups excluding carboxylic acids is 1. The number of ether oxygens (including phenoxy) is 2. The van der Waals surface area contributed by atoms with Crippen LogP contribution in [0.4, 0.5) is 0 Å². The van der Waals surface area contributed by atoms with Crippen LogP contribution in [0.5, 0.6) is 0 Å². The molecule has 2 saturated heterocycles. The fraction of sp³-hybridized carbons (Fsp3) is 0.900. The molecule has 5 heteroatoms. The third kappa shape index (κ3) is 1.23. The number of fused-ring (bicyclic) bond motifs is 5. The molecule has 2 heterocycles.